The highest BCUT2D eigenvalue weighted by atomic mass is 32.2. The van der Waals surface area contributed by atoms with Crippen molar-refractivity contribution >= 4 is 11.8 Å². The van der Waals surface area contributed by atoms with E-state index in [2.05, 4.69) is 39.0 Å². The van der Waals surface area contributed by atoms with Gasteiger partial charge < -0.3 is 10.5 Å². The average Bonchev–Trinajstić information content (AvgIpc) is 2.28. The van der Waals surface area contributed by atoms with Crippen LogP contribution in [-0.4, -0.2) is 24.2 Å². The second-order valence-electron chi connectivity index (χ2n) is 4.03. The van der Waals surface area contributed by atoms with Crippen molar-refractivity contribution < 1.29 is 4.74 Å². The van der Waals surface area contributed by atoms with E-state index in [1.165, 1.54) is 11.1 Å². The van der Waals surface area contributed by atoms with E-state index in [0.29, 0.717) is 5.25 Å². The van der Waals surface area contributed by atoms with Gasteiger partial charge in [-0.05, 0) is 31.0 Å². The minimum absolute atomic E-state index is 0.516. The molecule has 0 bridgehead atoms. The van der Waals surface area contributed by atoms with Crippen molar-refractivity contribution in [2.45, 2.75) is 26.0 Å². The highest BCUT2D eigenvalue weighted by Gasteiger charge is 2.01. The van der Waals surface area contributed by atoms with Gasteiger partial charge in [-0.15, -0.1) is 0 Å². The second kappa shape index (κ2) is 6.81. The summed E-state index contributed by atoms with van der Waals surface area (Å²) in [6.45, 7) is 7.78. The summed E-state index contributed by atoms with van der Waals surface area (Å²) in [4.78, 5) is 0. The van der Waals surface area contributed by atoms with Gasteiger partial charge >= 0.3 is 0 Å². The molecule has 0 saturated carbocycles. The van der Waals surface area contributed by atoms with Gasteiger partial charge in [0.25, 0.3) is 0 Å². The zero-order chi connectivity index (χ0) is 12.0. The van der Waals surface area contributed by atoms with E-state index in [1.54, 1.807) is 0 Å². The molecular formula is C13H21NOS. The maximum absolute atomic E-state index is 5.75. The summed E-state index contributed by atoms with van der Waals surface area (Å²) >= 11 is 1.86. The van der Waals surface area contributed by atoms with Crippen molar-refractivity contribution in [1.82, 2.24) is 0 Å². The molecule has 0 fully saturated rings. The van der Waals surface area contributed by atoms with Crippen LogP contribution in [0, 0.1) is 13.8 Å². The van der Waals surface area contributed by atoms with Crippen LogP contribution in [-0.2, 0) is 0 Å². The van der Waals surface area contributed by atoms with E-state index in [4.69, 9.17) is 10.5 Å². The van der Waals surface area contributed by atoms with E-state index in [-0.39, 0.29) is 0 Å². The zero-order valence-electron chi connectivity index (χ0n) is 10.3. The molecular weight excluding hydrogens is 218 g/mol. The molecule has 0 aromatic heterocycles. The van der Waals surface area contributed by atoms with Gasteiger partial charge in [0.1, 0.15) is 5.75 Å². The Labute approximate surface area is 103 Å². The van der Waals surface area contributed by atoms with Crippen LogP contribution >= 0.6 is 11.8 Å². The molecule has 0 aliphatic heterocycles. The first-order valence-corrected chi connectivity index (χ1v) is 6.70. The fraction of sp³-hybridized carbons (Fsp3) is 0.538. The van der Waals surface area contributed by atoms with Crippen molar-refractivity contribution in [2.24, 2.45) is 5.73 Å². The van der Waals surface area contributed by atoms with Crippen LogP contribution in [0.15, 0.2) is 18.2 Å². The number of thioether (sulfide) groups is 1. The largest absolute Gasteiger partial charge is 0.492 e. The fourth-order valence-corrected chi connectivity index (χ4v) is 2.05. The molecule has 0 aliphatic carbocycles. The first kappa shape index (κ1) is 13.4. The van der Waals surface area contributed by atoms with E-state index in [0.717, 1.165) is 24.7 Å². The zero-order valence-corrected chi connectivity index (χ0v) is 11.1. The smallest absolute Gasteiger partial charge is 0.122 e. The summed E-state index contributed by atoms with van der Waals surface area (Å²) in [5, 5.41) is 0.516. The predicted molar refractivity (Wildman–Crippen MR) is 72.4 cm³/mol. The van der Waals surface area contributed by atoms with Crippen molar-refractivity contribution in [3.8, 4) is 5.75 Å². The van der Waals surface area contributed by atoms with Crippen molar-refractivity contribution in [3.05, 3.63) is 29.3 Å². The van der Waals surface area contributed by atoms with Crippen LogP contribution in [0.3, 0.4) is 0 Å². The third-order valence-electron chi connectivity index (χ3n) is 2.42. The normalized spacial score (nSPS) is 12.5. The molecule has 0 amide bonds. The second-order valence-corrected chi connectivity index (χ2v) is 5.58. The molecule has 3 heteroatoms. The van der Waals surface area contributed by atoms with Gasteiger partial charge in [0, 0.05) is 17.5 Å². The average molecular weight is 239 g/mol. The van der Waals surface area contributed by atoms with E-state index in [1.807, 2.05) is 11.8 Å². The topological polar surface area (TPSA) is 35.2 Å². The van der Waals surface area contributed by atoms with Crippen molar-refractivity contribution in [3.63, 3.8) is 0 Å². The Kier molecular flexibility index (Phi) is 5.71. The monoisotopic (exact) mass is 239 g/mol. The summed E-state index contributed by atoms with van der Waals surface area (Å²) in [6, 6.07) is 6.29. The maximum Gasteiger partial charge on any atom is 0.122 e. The minimum atomic E-state index is 0.516. The summed E-state index contributed by atoms with van der Waals surface area (Å²) in [7, 11) is 0. The highest BCUT2D eigenvalue weighted by molar-refractivity contribution is 7.99. The third kappa shape index (κ3) is 4.45. The Morgan fingerprint density at radius 3 is 2.81 bits per heavy atom. The summed E-state index contributed by atoms with van der Waals surface area (Å²) in [5.41, 5.74) is 7.98. The van der Waals surface area contributed by atoms with Crippen LogP contribution in [0.25, 0.3) is 0 Å². The molecule has 0 saturated heterocycles. The maximum atomic E-state index is 5.75. The number of ether oxygens (including phenoxy) is 1. The van der Waals surface area contributed by atoms with Gasteiger partial charge in [0.05, 0.1) is 6.61 Å². The Balaban J connectivity index is 2.34. The Morgan fingerprint density at radius 2 is 2.12 bits per heavy atom. The summed E-state index contributed by atoms with van der Waals surface area (Å²) < 4.78 is 5.75. The minimum Gasteiger partial charge on any atom is -0.492 e. The van der Waals surface area contributed by atoms with Gasteiger partial charge in [-0.25, -0.2) is 0 Å². The standard InChI is InChI=1S/C13H21NOS/c1-10-4-5-11(2)13(8-10)15-6-7-16-12(3)9-14/h4-5,8,12H,6-7,9,14H2,1-3H3. The number of hydrogen-bond acceptors (Lipinski definition) is 3. The molecule has 2 nitrogen and oxygen atoms in total. The molecule has 1 aromatic rings. The van der Waals surface area contributed by atoms with Gasteiger partial charge in [0.15, 0.2) is 0 Å². The SMILES string of the molecule is Cc1ccc(C)c(OCCSC(C)CN)c1. The van der Waals surface area contributed by atoms with E-state index < -0.39 is 0 Å². The molecule has 0 spiro atoms. The van der Waals surface area contributed by atoms with Crippen LogP contribution in [0.5, 0.6) is 5.75 Å². The van der Waals surface area contributed by atoms with Gasteiger partial charge in [0.2, 0.25) is 0 Å². The van der Waals surface area contributed by atoms with Crippen LogP contribution in [0.4, 0.5) is 0 Å². The van der Waals surface area contributed by atoms with Crippen LogP contribution < -0.4 is 10.5 Å². The predicted octanol–water partition coefficient (Wildman–Crippen LogP) is 2.76. The molecule has 1 atom stereocenters. The number of hydrogen-bond donors (Lipinski definition) is 1. The first-order valence-electron chi connectivity index (χ1n) is 5.65. The molecule has 2 N–H and O–H groups in total. The lowest BCUT2D eigenvalue weighted by Gasteiger charge is -2.11. The molecule has 0 heterocycles. The van der Waals surface area contributed by atoms with Crippen LogP contribution in [0.2, 0.25) is 0 Å². The quantitative estimate of drug-likeness (QED) is 0.775. The van der Waals surface area contributed by atoms with Crippen molar-refractivity contribution in [2.75, 3.05) is 18.9 Å². The summed E-state index contributed by atoms with van der Waals surface area (Å²) in [5.74, 6) is 1.99. The van der Waals surface area contributed by atoms with Gasteiger partial charge in [-0.3, -0.25) is 0 Å². The number of benzene rings is 1. The lowest BCUT2D eigenvalue weighted by molar-refractivity contribution is 0.341. The Bertz CT molecular complexity index is 328. The van der Waals surface area contributed by atoms with Crippen molar-refractivity contribution in [1.29, 1.82) is 0 Å². The molecule has 1 aromatic carbocycles. The molecule has 0 radical (unpaired) electrons. The Morgan fingerprint density at radius 1 is 1.38 bits per heavy atom. The molecule has 90 valence electrons. The molecule has 16 heavy (non-hydrogen) atoms. The molecule has 1 rings (SSSR count). The van der Waals surface area contributed by atoms with Gasteiger partial charge in [-0.1, -0.05) is 19.1 Å². The summed E-state index contributed by atoms with van der Waals surface area (Å²) in [6.07, 6.45) is 0. The lowest BCUT2D eigenvalue weighted by Crippen LogP contribution is -2.14. The molecule has 0 aliphatic rings. The van der Waals surface area contributed by atoms with Gasteiger partial charge in [-0.2, -0.15) is 11.8 Å². The highest BCUT2D eigenvalue weighted by Crippen LogP contribution is 2.19. The molecule has 1 unspecified atom stereocenters. The third-order valence-corrected chi connectivity index (χ3v) is 3.58. The Hall–Kier alpha value is -0.670. The fourth-order valence-electron chi connectivity index (χ4n) is 1.33. The van der Waals surface area contributed by atoms with E-state index in [9.17, 15) is 0 Å². The lowest BCUT2D eigenvalue weighted by atomic mass is 10.1. The number of aryl methyl sites for hydroxylation is 2. The first-order chi connectivity index (χ1) is 7.63. The number of nitrogens with two attached hydrogens (primary N) is 1. The van der Waals surface area contributed by atoms with E-state index >= 15 is 0 Å². The van der Waals surface area contributed by atoms with Crippen LogP contribution in [0.1, 0.15) is 18.1 Å². The number of rotatable bonds is 6.